The van der Waals surface area contributed by atoms with E-state index in [-0.39, 0.29) is 37.0 Å². The van der Waals surface area contributed by atoms with Gasteiger partial charge >= 0.3 is 5.97 Å². The molecule has 0 radical (unpaired) electrons. The first kappa shape index (κ1) is 29.3. The molecule has 8 heteroatoms. The SMILES string of the molecule is C=CCN(C(=O)C1N([C@@H](CO)Cc2ccccc2)C(=O)[C@@H]2[C@@H](C(=O)OCC)[C@]3(C)OC12CC3C)C(C)CCC. The number of hydrogen-bond acceptors (Lipinski definition) is 6. The highest BCUT2D eigenvalue weighted by atomic mass is 16.6. The molecule has 214 valence electrons. The summed E-state index contributed by atoms with van der Waals surface area (Å²) in [4.78, 5) is 45.8. The number of aliphatic hydroxyl groups excluding tert-OH is 1. The minimum Gasteiger partial charge on any atom is -0.466 e. The number of benzene rings is 1. The zero-order valence-corrected chi connectivity index (χ0v) is 24.0. The number of aliphatic hydroxyl groups is 1. The fourth-order valence-corrected chi connectivity index (χ4v) is 7.43. The summed E-state index contributed by atoms with van der Waals surface area (Å²) < 4.78 is 12.3. The van der Waals surface area contributed by atoms with Crippen LogP contribution >= 0.6 is 0 Å². The first-order valence-corrected chi connectivity index (χ1v) is 14.4. The van der Waals surface area contributed by atoms with E-state index >= 15 is 0 Å². The van der Waals surface area contributed by atoms with Crippen molar-refractivity contribution in [3.05, 3.63) is 48.6 Å². The molecule has 2 amide bonds. The number of carbonyl (C=O) groups excluding carboxylic acids is 3. The van der Waals surface area contributed by atoms with Crippen LogP contribution in [0.1, 0.15) is 59.4 Å². The maximum atomic E-state index is 14.6. The highest BCUT2D eigenvalue weighted by molar-refractivity contribution is 5.99. The Morgan fingerprint density at radius 1 is 1.31 bits per heavy atom. The first-order chi connectivity index (χ1) is 18.6. The molecule has 8 atom stereocenters. The van der Waals surface area contributed by atoms with E-state index in [9.17, 15) is 19.5 Å². The Kier molecular flexibility index (Phi) is 8.57. The van der Waals surface area contributed by atoms with Crippen LogP contribution in [-0.4, -0.2) is 81.8 Å². The number of likely N-dealkylation sites (tertiary alicyclic amines) is 1. The molecule has 1 aromatic rings. The summed E-state index contributed by atoms with van der Waals surface area (Å²) in [6, 6.07) is 7.91. The van der Waals surface area contributed by atoms with E-state index in [0.29, 0.717) is 19.4 Å². The number of carbonyl (C=O) groups is 3. The van der Waals surface area contributed by atoms with Crippen LogP contribution in [0.15, 0.2) is 43.0 Å². The van der Waals surface area contributed by atoms with E-state index in [1.54, 1.807) is 22.8 Å². The lowest BCUT2D eigenvalue weighted by Gasteiger charge is -2.41. The van der Waals surface area contributed by atoms with Gasteiger partial charge in [-0.3, -0.25) is 14.4 Å². The Balaban J connectivity index is 1.85. The molecule has 3 saturated heterocycles. The van der Waals surface area contributed by atoms with Crippen molar-refractivity contribution in [2.45, 2.75) is 89.6 Å². The minimum absolute atomic E-state index is 0.0752. The maximum absolute atomic E-state index is 14.6. The van der Waals surface area contributed by atoms with Gasteiger partial charge in [0.25, 0.3) is 0 Å². The number of fused-ring (bicyclic) bond motifs is 1. The number of hydrogen-bond donors (Lipinski definition) is 1. The van der Waals surface area contributed by atoms with Gasteiger partial charge in [-0.25, -0.2) is 0 Å². The van der Waals surface area contributed by atoms with E-state index in [2.05, 4.69) is 13.5 Å². The van der Waals surface area contributed by atoms with Gasteiger partial charge in [-0.1, -0.05) is 56.7 Å². The quantitative estimate of drug-likeness (QED) is 0.323. The van der Waals surface area contributed by atoms with Crippen molar-refractivity contribution in [3.8, 4) is 0 Å². The monoisotopic (exact) mass is 540 g/mol. The largest absolute Gasteiger partial charge is 0.466 e. The third-order valence-corrected chi connectivity index (χ3v) is 9.29. The Hall–Kier alpha value is -2.71. The summed E-state index contributed by atoms with van der Waals surface area (Å²) in [5, 5.41) is 10.6. The lowest BCUT2D eigenvalue weighted by Crippen LogP contribution is -2.60. The van der Waals surface area contributed by atoms with Crippen LogP contribution in [0.25, 0.3) is 0 Å². The van der Waals surface area contributed by atoms with E-state index in [0.717, 1.165) is 18.4 Å². The fourth-order valence-electron chi connectivity index (χ4n) is 7.43. The standard InChI is InChI=1S/C31H44N2O6/c1-7-13-21(5)32(16-8-2)28(36)26-31-18-20(4)30(6,39-31)25(29(37)38-9-3)24(31)27(35)33(26)23(19-34)17-22-14-11-10-12-15-22/h8,10-12,14-15,20-21,23-26,34H,2,7,9,13,16-19H2,1,3-6H3/t20?,21?,23-,24+,25+,26?,30-,31?/m1/s1. The minimum atomic E-state index is -1.19. The second-order valence-corrected chi connectivity index (χ2v) is 11.6. The molecule has 39 heavy (non-hydrogen) atoms. The van der Waals surface area contributed by atoms with Gasteiger partial charge in [0.05, 0.1) is 30.8 Å². The van der Waals surface area contributed by atoms with E-state index < -0.39 is 41.1 Å². The van der Waals surface area contributed by atoms with Crippen molar-refractivity contribution >= 4 is 17.8 Å². The highest BCUT2D eigenvalue weighted by Gasteiger charge is 2.80. The number of nitrogens with zero attached hydrogens (tertiary/aromatic N) is 2. The molecule has 3 aliphatic heterocycles. The molecule has 4 unspecified atom stereocenters. The summed E-state index contributed by atoms with van der Waals surface area (Å²) in [6.45, 7) is 13.8. The summed E-state index contributed by atoms with van der Waals surface area (Å²) in [7, 11) is 0. The lowest BCUT2D eigenvalue weighted by atomic mass is 9.62. The molecule has 4 rings (SSSR count). The average molecular weight is 541 g/mol. The Labute approximate surface area is 232 Å². The van der Waals surface area contributed by atoms with Crippen molar-refractivity contribution in [2.24, 2.45) is 17.8 Å². The lowest BCUT2D eigenvalue weighted by molar-refractivity contribution is -0.163. The molecular weight excluding hydrogens is 496 g/mol. The molecule has 1 aromatic carbocycles. The Bertz CT molecular complexity index is 1080. The van der Waals surface area contributed by atoms with Gasteiger partial charge in [0.2, 0.25) is 11.8 Å². The van der Waals surface area contributed by atoms with Crippen LogP contribution in [0.3, 0.4) is 0 Å². The predicted octanol–water partition coefficient (Wildman–Crippen LogP) is 3.37. The zero-order valence-electron chi connectivity index (χ0n) is 24.0. The van der Waals surface area contributed by atoms with Crippen LogP contribution in [0.2, 0.25) is 0 Å². The molecule has 3 heterocycles. The van der Waals surface area contributed by atoms with Crippen LogP contribution < -0.4 is 0 Å². The summed E-state index contributed by atoms with van der Waals surface area (Å²) in [5.74, 6) is -2.77. The Morgan fingerprint density at radius 2 is 2.00 bits per heavy atom. The molecule has 0 aromatic heterocycles. The molecule has 8 nitrogen and oxygen atoms in total. The van der Waals surface area contributed by atoms with Crippen molar-refractivity contribution < 1.29 is 29.0 Å². The number of ether oxygens (including phenoxy) is 2. The van der Waals surface area contributed by atoms with Crippen LogP contribution in [-0.2, 0) is 30.3 Å². The second kappa shape index (κ2) is 11.4. The smallest absolute Gasteiger partial charge is 0.312 e. The molecule has 0 aliphatic carbocycles. The number of amides is 2. The van der Waals surface area contributed by atoms with Gasteiger partial charge in [0.15, 0.2) is 0 Å². The molecule has 3 aliphatic rings. The van der Waals surface area contributed by atoms with Crippen LogP contribution in [0.5, 0.6) is 0 Å². The third kappa shape index (κ3) is 4.69. The van der Waals surface area contributed by atoms with Crippen molar-refractivity contribution in [2.75, 3.05) is 19.8 Å². The van der Waals surface area contributed by atoms with Crippen molar-refractivity contribution in [1.82, 2.24) is 9.80 Å². The summed E-state index contributed by atoms with van der Waals surface area (Å²) in [6.07, 6.45) is 4.23. The van der Waals surface area contributed by atoms with Crippen molar-refractivity contribution in [3.63, 3.8) is 0 Å². The van der Waals surface area contributed by atoms with E-state index in [1.165, 1.54) is 0 Å². The van der Waals surface area contributed by atoms with Gasteiger partial charge in [-0.05, 0) is 51.5 Å². The molecule has 3 fully saturated rings. The van der Waals surface area contributed by atoms with Gasteiger partial charge in [-0.15, -0.1) is 6.58 Å². The van der Waals surface area contributed by atoms with E-state index in [1.807, 2.05) is 51.1 Å². The van der Waals surface area contributed by atoms with Crippen molar-refractivity contribution in [1.29, 1.82) is 0 Å². The topological polar surface area (TPSA) is 96.4 Å². The van der Waals surface area contributed by atoms with Crippen LogP contribution in [0, 0.1) is 17.8 Å². The molecule has 2 bridgehead atoms. The number of esters is 1. The summed E-state index contributed by atoms with van der Waals surface area (Å²) in [5.41, 5.74) is -1.17. The molecule has 1 spiro atoms. The first-order valence-electron chi connectivity index (χ1n) is 14.4. The third-order valence-electron chi connectivity index (χ3n) is 9.29. The average Bonchev–Trinajstić information content (AvgIpc) is 3.43. The van der Waals surface area contributed by atoms with Gasteiger partial charge in [-0.2, -0.15) is 0 Å². The highest BCUT2D eigenvalue weighted by Crippen LogP contribution is 2.65. The molecule has 0 saturated carbocycles. The number of rotatable bonds is 12. The normalized spacial score (nSPS) is 32.6. The summed E-state index contributed by atoms with van der Waals surface area (Å²) >= 11 is 0. The Morgan fingerprint density at radius 3 is 2.59 bits per heavy atom. The van der Waals surface area contributed by atoms with Gasteiger partial charge in [0.1, 0.15) is 17.6 Å². The van der Waals surface area contributed by atoms with Gasteiger partial charge < -0.3 is 24.4 Å². The zero-order chi connectivity index (χ0) is 28.5. The molecular formula is C31H44N2O6. The van der Waals surface area contributed by atoms with Crippen LogP contribution in [0.4, 0.5) is 0 Å². The second-order valence-electron chi connectivity index (χ2n) is 11.6. The maximum Gasteiger partial charge on any atom is 0.312 e. The predicted molar refractivity (Wildman–Crippen MR) is 148 cm³/mol. The molecule has 1 N–H and O–H groups in total. The fraction of sp³-hybridized carbons (Fsp3) is 0.645. The van der Waals surface area contributed by atoms with Gasteiger partial charge in [0, 0.05) is 12.6 Å². The van der Waals surface area contributed by atoms with E-state index in [4.69, 9.17) is 9.47 Å².